The van der Waals surface area contributed by atoms with Crippen LogP contribution in [0.25, 0.3) is 11.4 Å². The Bertz CT molecular complexity index is 1190. The molecule has 3 aromatic rings. The van der Waals surface area contributed by atoms with Gasteiger partial charge in [-0.3, -0.25) is 4.79 Å². The van der Waals surface area contributed by atoms with Crippen LogP contribution in [-0.4, -0.2) is 33.6 Å². The first-order chi connectivity index (χ1) is 15.6. The minimum absolute atomic E-state index is 0.148. The van der Waals surface area contributed by atoms with Crippen LogP contribution in [0.2, 0.25) is 5.02 Å². The Morgan fingerprint density at radius 3 is 2.56 bits per heavy atom. The second-order valence-corrected chi connectivity index (χ2v) is 8.55. The van der Waals surface area contributed by atoms with Crippen molar-refractivity contribution < 1.29 is 4.79 Å². The monoisotopic (exact) mass is 447 g/mol. The van der Waals surface area contributed by atoms with Crippen molar-refractivity contribution in [3.05, 3.63) is 70.4 Å². The van der Waals surface area contributed by atoms with Crippen LogP contribution in [0.5, 0.6) is 0 Å². The highest BCUT2D eigenvalue weighted by Crippen LogP contribution is 2.42. The first-order valence-corrected chi connectivity index (χ1v) is 11.6. The highest BCUT2D eigenvalue weighted by Gasteiger charge is 2.37. The number of ketones is 1. The maximum Gasteiger partial charge on any atom is 0.226 e. The highest BCUT2D eigenvalue weighted by molar-refractivity contribution is 6.31. The second-order valence-electron chi connectivity index (χ2n) is 8.14. The van der Waals surface area contributed by atoms with Gasteiger partial charge in [-0.05, 0) is 57.0 Å². The van der Waals surface area contributed by atoms with E-state index in [1.54, 1.807) is 0 Å². The van der Waals surface area contributed by atoms with E-state index in [9.17, 15) is 4.79 Å². The first kappa shape index (κ1) is 20.8. The molecule has 0 saturated carbocycles. The second kappa shape index (κ2) is 8.43. The summed E-state index contributed by atoms with van der Waals surface area (Å²) in [7, 11) is 0. The number of anilines is 2. The number of aromatic nitrogens is 3. The summed E-state index contributed by atoms with van der Waals surface area (Å²) in [5, 5.41) is 8.85. The van der Waals surface area contributed by atoms with E-state index in [0.29, 0.717) is 23.2 Å². The lowest BCUT2D eigenvalue weighted by Gasteiger charge is -2.32. The molecule has 5 rings (SSSR count). The molecule has 0 spiro atoms. The molecule has 1 unspecified atom stereocenters. The molecule has 1 atom stereocenters. The Morgan fingerprint density at radius 2 is 1.84 bits per heavy atom. The summed E-state index contributed by atoms with van der Waals surface area (Å²) in [6.07, 6.45) is 2.21. The molecule has 0 saturated heterocycles. The number of Topliss-reactive ketones (excluding diaryl/α,β-unsaturated/α-hetero) is 1. The van der Waals surface area contributed by atoms with Gasteiger partial charge >= 0.3 is 0 Å². The molecule has 0 fully saturated rings. The van der Waals surface area contributed by atoms with Gasteiger partial charge in [0.05, 0.1) is 0 Å². The third-order valence-electron chi connectivity index (χ3n) is 6.32. The Hall–Kier alpha value is -3.12. The van der Waals surface area contributed by atoms with Gasteiger partial charge in [0.1, 0.15) is 6.04 Å². The van der Waals surface area contributed by atoms with Crippen LogP contribution < -0.4 is 10.2 Å². The molecule has 1 aliphatic carbocycles. The molecule has 0 radical (unpaired) electrons. The summed E-state index contributed by atoms with van der Waals surface area (Å²) in [5.74, 6) is 1.42. The number of carbonyl (C=O) groups excluding carboxylic acids is 1. The van der Waals surface area contributed by atoms with Crippen LogP contribution in [0.15, 0.2) is 59.8 Å². The van der Waals surface area contributed by atoms with Crippen LogP contribution in [0.1, 0.15) is 44.7 Å². The topological polar surface area (TPSA) is 63.1 Å². The van der Waals surface area contributed by atoms with E-state index in [2.05, 4.69) is 48.3 Å². The fourth-order valence-electron chi connectivity index (χ4n) is 4.67. The van der Waals surface area contributed by atoms with Crippen molar-refractivity contribution in [2.75, 3.05) is 23.3 Å². The number of carbonyl (C=O) groups is 1. The summed E-state index contributed by atoms with van der Waals surface area (Å²) in [5.41, 5.74) is 4.68. The summed E-state index contributed by atoms with van der Waals surface area (Å²) in [6.45, 7) is 6.22. The Kier molecular flexibility index (Phi) is 5.47. The number of halogens is 1. The van der Waals surface area contributed by atoms with E-state index in [4.69, 9.17) is 21.7 Å². The summed E-state index contributed by atoms with van der Waals surface area (Å²) >= 11 is 6.58. The van der Waals surface area contributed by atoms with E-state index < -0.39 is 0 Å². The van der Waals surface area contributed by atoms with Gasteiger partial charge in [0.2, 0.25) is 5.95 Å². The van der Waals surface area contributed by atoms with E-state index in [1.807, 2.05) is 28.9 Å². The Labute approximate surface area is 192 Å². The fraction of sp³-hybridized carbons (Fsp3) is 0.320. The predicted octanol–water partition coefficient (Wildman–Crippen LogP) is 5.47. The number of benzene rings is 2. The predicted molar refractivity (Wildman–Crippen MR) is 128 cm³/mol. The molecule has 0 amide bonds. The first-order valence-electron chi connectivity index (χ1n) is 11.2. The third kappa shape index (κ3) is 3.48. The van der Waals surface area contributed by atoms with Crippen molar-refractivity contribution in [2.24, 2.45) is 0 Å². The molecule has 0 bridgehead atoms. The molecule has 1 N–H and O–H groups in total. The van der Waals surface area contributed by atoms with Gasteiger partial charge in [-0.2, -0.15) is 4.98 Å². The molecule has 7 heteroatoms. The lowest BCUT2D eigenvalue weighted by molar-refractivity contribution is -0.116. The van der Waals surface area contributed by atoms with Gasteiger partial charge in [0, 0.05) is 52.6 Å². The molecule has 2 heterocycles. The smallest absolute Gasteiger partial charge is 0.226 e. The molecule has 6 nitrogen and oxygen atoms in total. The van der Waals surface area contributed by atoms with Crippen LogP contribution in [0.3, 0.4) is 0 Å². The third-order valence-corrected chi connectivity index (χ3v) is 6.67. The van der Waals surface area contributed by atoms with Crippen molar-refractivity contribution in [3.63, 3.8) is 0 Å². The lowest BCUT2D eigenvalue weighted by atomic mass is 9.85. The lowest BCUT2D eigenvalue weighted by Crippen LogP contribution is -2.31. The van der Waals surface area contributed by atoms with Crippen LogP contribution in [0.4, 0.5) is 11.6 Å². The number of rotatable bonds is 5. The molecule has 1 aromatic heterocycles. The number of nitrogens with zero attached hydrogens (tertiary/aromatic N) is 4. The summed E-state index contributed by atoms with van der Waals surface area (Å²) in [6, 6.07) is 15.6. The van der Waals surface area contributed by atoms with Crippen LogP contribution in [0, 0.1) is 0 Å². The fourth-order valence-corrected chi connectivity index (χ4v) is 4.91. The van der Waals surface area contributed by atoms with E-state index in [-0.39, 0.29) is 11.8 Å². The number of fused-ring (bicyclic) bond motifs is 1. The van der Waals surface area contributed by atoms with Crippen molar-refractivity contribution in [3.8, 4) is 11.4 Å². The maximum atomic E-state index is 13.0. The molecule has 32 heavy (non-hydrogen) atoms. The number of allylic oxidation sites excluding steroid dienone is 2. The quantitative estimate of drug-likeness (QED) is 0.562. The SMILES string of the molecule is CCN(CC)c1ccc(-c2nc3n(n2)C(c2ccccc2Cl)C2=C(CCCC2=O)N3)cc1. The Morgan fingerprint density at radius 1 is 1.09 bits per heavy atom. The molecular formula is C25H26ClN5O. The highest BCUT2D eigenvalue weighted by atomic mass is 35.5. The van der Waals surface area contributed by atoms with E-state index in [1.165, 1.54) is 5.69 Å². The van der Waals surface area contributed by atoms with Gasteiger partial charge in [0.25, 0.3) is 0 Å². The van der Waals surface area contributed by atoms with Gasteiger partial charge in [-0.1, -0.05) is 29.8 Å². The van der Waals surface area contributed by atoms with Crippen molar-refractivity contribution in [1.29, 1.82) is 0 Å². The molecule has 164 valence electrons. The van der Waals surface area contributed by atoms with Crippen molar-refractivity contribution in [1.82, 2.24) is 14.8 Å². The van der Waals surface area contributed by atoms with Gasteiger partial charge in [0.15, 0.2) is 11.6 Å². The van der Waals surface area contributed by atoms with Gasteiger partial charge in [-0.25, -0.2) is 4.68 Å². The average molecular weight is 448 g/mol. The molecule has 1 aliphatic heterocycles. The minimum Gasteiger partial charge on any atom is -0.372 e. The van der Waals surface area contributed by atoms with Crippen molar-refractivity contribution in [2.45, 2.75) is 39.2 Å². The van der Waals surface area contributed by atoms with E-state index >= 15 is 0 Å². The van der Waals surface area contributed by atoms with Gasteiger partial charge in [-0.15, -0.1) is 5.10 Å². The van der Waals surface area contributed by atoms with Gasteiger partial charge < -0.3 is 10.2 Å². The van der Waals surface area contributed by atoms with Crippen LogP contribution in [-0.2, 0) is 4.79 Å². The number of hydrogen-bond acceptors (Lipinski definition) is 5. The minimum atomic E-state index is -0.376. The molecule has 2 aromatic carbocycles. The summed E-state index contributed by atoms with van der Waals surface area (Å²) < 4.78 is 1.82. The molecular weight excluding hydrogens is 422 g/mol. The zero-order chi connectivity index (χ0) is 22.2. The van der Waals surface area contributed by atoms with Crippen molar-refractivity contribution >= 4 is 29.0 Å². The summed E-state index contributed by atoms with van der Waals surface area (Å²) in [4.78, 5) is 20.1. The average Bonchev–Trinajstić information content (AvgIpc) is 3.23. The Balaban J connectivity index is 1.59. The number of hydrogen-bond donors (Lipinski definition) is 1. The zero-order valence-electron chi connectivity index (χ0n) is 18.3. The normalized spacial score (nSPS) is 17.6. The van der Waals surface area contributed by atoms with Crippen LogP contribution >= 0.6 is 11.6 Å². The zero-order valence-corrected chi connectivity index (χ0v) is 19.1. The number of nitrogens with one attached hydrogen (secondary N) is 1. The largest absolute Gasteiger partial charge is 0.372 e. The maximum absolute atomic E-state index is 13.0. The van der Waals surface area contributed by atoms with E-state index in [0.717, 1.165) is 48.3 Å². The molecule has 2 aliphatic rings. The standard InChI is InChI=1S/C25H26ClN5O/c1-3-30(4-2)17-14-12-16(13-15-17)24-28-25-27-20-10-7-11-21(32)22(20)23(31(25)29-24)18-8-5-6-9-19(18)26/h5-6,8-9,12-15,23H,3-4,7,10-11H2,1-2H3,(H,27,28,29).